The van der Waals surface area contributed by atoms with E-state index in [1.807, 2.05) is 43.3 Å². The van der Waals surface area contributed by atoms with Crippen molar-refractivity contribution in [2.75, 3.05) is 0 Å². The fourth-order valence-corrected chi connectivity index (χ4v) is 2.18. The zero-order chi connectivity index (χ0) is 14.1. The predicted octanol–water partition coefficient (Wildman–Crippen LogP) is 3.74. The standard InChI is InChI=1S/C16H13NO3/c1-11-4-6-12(7-5-11)13-10-20-15(16(18)19)14(13)17-8-2-3-9-17/h2-10H,1H3,(H,18,19). The van der Waals surface area contributed by atoms with Gasteiger partial charge in [-0.1, -0.05) is 29.8 Å². The van der Waals surface area contributed by atoms with E-state index in [1.165, 1.54) is 6.26 Å². The van der Waals surface area contributed by atoms with Gasteiger partial charge in [-0.15, -0.1) is 0 Å². The molecule has 4 nitrogen and oxygen atoms in total. The molecule has 0 aliphatic heterocycles. The molecule has 4 heteroatoms. The van der Waals surface area contributed by atoms with E-state index >= 15 is 0 Å². The third-order valence-electron chi connectivity index (χ3n) is 3.18. The van der Waals surface area contributed by atoms with Crippen LogP contribution in [0.3, 0.4) is 0 Å². The van der Waals surface area contributed by atoms with Gasteiger partial charge in [-0.2, -0.15) is 0 Å². The Morgan fingerprint density at radius 2 is 1.80 bits per heavy atom. The summed E-state index contributed by atoms with van der Waals surface area (Å²) in [6, 6.07) is 11.6. The first-order chi connectivity index (χ1) is 9.66. The maximum absolute atomic E-state index is 11.3. The molecule has 1 N–H and O–H groups in total. The lowest BCUT2D eigenvalue weighted by Crippen LogP contribution is -2.01. The van der Waals surface area contributed by atoms with Crippen LogP contribution in [0, 0.1) is 6.92 Å². The Hall–Kier alpha value is -2.75. The number of nitrogens with zero attached hydrogens (tertiary/aromatic N) is 1. The van der Waals surface area contributed by atoms with Crippen LogP contribution in [0.15, 0.2) is 59.5 Å². The number of carbonyl (C=O) groups is 1. The molecule has 0 fully saturated rings. The lowest BCUT2D eigenvalue weighted by Gasteiger charge is -2.06. The van der Waals surface area contributed by atoms with Crippen molar-refractivity contribution in [3.05, 3.63) is 66.4 Å². The highest BCUT2D eigenvalue weighted by Gasteiger charge is 2.21. The molecular formula is C16H13NO3. The van der Waals surface area contributed by atoms with Gasteiger partial charge in [0.2, 0.25) is 5.76 Å². The number of benzene rings is 1. The average molecular weight is 267 g/mol. The van der Waals surface area contributed by atoms with E-state index in [0.717, 1.165) is 16.7 Å². The lowest BCUT2D eigenvalue weighted by molar-refractivity contribution is 0.0662. The number of carboxylic acid groups (broad SMARTS) is 1. The van der Waals surface area contributed by atoms with Gasteiger partial charge in [0.05, 0.1) is 0 Å². The van der Waals surface area contributed by atoms with Crippen LogP contribution < -0.4 is 0 Å². The van der Waals surface area contributed by atoms with Gasteiger partial charge < -0.3 is 14.1 Å². The molecule has 2 heterocycles. The molecule has 0 bridgehead atoms. The summed E-state index contributed by atoms with van der Waals surface area (Å²) in [5.74, 6) is -1.14. The molecule has 0 aliphatic rings. The van der Waals surface area contributed by atoms with Crippen LogP contribution in [0.1, 0.15) is 16.1 Å². The summed E-state index contributed by atoms with van der Waals surface area (Å²) < 4.78 is 7.00. The van der Waals surface area contributed by atoms with Crippen LogP contribution in [0.25, 0.3) is 16.8 Å². The summed E-state index contributed by atoms with van der Waals surface area (Å²) in [4.78, 5) is 11.3. The van der Waals surface area contributed by atoms with Gasteiger partial charge in [0.15, 0.2) is 0 Å². The summed E-state index contributed by atoms with van der Waals surface area (Å²) in [6.07, 6.45) is 5.09. The van der Waals surface area contributed by atoms with Gasteiger partial charge in [0.25, 0.3) is 0 Å². The summed E-state index contributed by atoms with van der Waals surface area (Å²) in [5.41, 5.74) is 3.39. The highest BCUT2D eigenvalue weighted by atomic mass is 16.4. The highest BCUT2D eigenvalue weighted by Crippen LogP contribution is 2.31. The van der Waals surface area contributed by atoms with Gasteiger partial charge in [-0.25, -0.2) is 4.79 Å². The number of furan rings is 1. The predicted molar refractivity (Wildman–Crippen MR) is 75.2 cm³/mol. The zero-order valence-corrected chi connectivity index (χ0v) is 10.9. The van der Waals surface area contributed by atoms with Gasteiger partial charge in [-0.3, -0.25) is 0 Å². The average Bonchev–Trinajstić information content (AvgIpc) is 3.08. The molecule has 100 valence electrons. The van der Waals surface area contributed by atoms with Gasteiger partial charge >= 0.3 is 5.97 Å². The lowest BCUT2D eigenvalue weighted by atomic mass is 10.1. The van der Waals surface area contributed by atoms with Crippen LogP contribution in [-0.4, -0.2) is 15.6 Å². The molecule has 3 aromatic rings. The first-order valence-electron chi connectivity index (χ1n) is 6.22. The molecule has 0 radical (unpaired) electrons. The Morgan fingerprint density at radius 3 is 2.40 bits per heavy atom. The number of aromatic carboxylic acids is 1. The minimum Gasteiger partial charge on any atom is -0.475 e. The molecule has 1 aromatic carbocycles. The second-order valence-corrected chi connectivity index (χ2v) is 4.59. The van der Waals surface area contributed by atoms with Gasteiger partial charge in [0, 0.05) is 18.0 Å². The van der Waals surface area contributed by atoms with Crippen molar-refractivity contribution in [2.24, 2.45) is 0 Å². The molecule has 0 aliphatic carbocycles. The van der Waals surface area contributed by atoms with Crippen molar-refractivity contribution in [3.63, 3.8) is 0 Å². The number of aryl methyl sites for hydroxylation is 1. The zero-order valence-electron chi connectivity index (χ0n) is 10.9. The SMILES string of the molecule is Cc1ccc(-c2coc(C(=O)O)c2-n2cccc2)cc1. The van der Waals surface area contributed by atoms with Crippen LogP contribution in [0.4, 0.5) is 0 Å². The van der Waals surface area contributed by atoms with Gasteiger partial charge in [-0.05, 0) is 24.6 Å². The van der Waals surface area contributed by atoms with E-state index in [1.54, 1.807) is 17.0 Å². The van der Waals surface area contributed by atoms with E-state index < -0.39 is 5.97 Å². The van der Waals surface area contributed by atoms with Crippen molar-refractivity contribution in [1.82, 2.24) is 4.57 Å². The van der Waals surface area contributed by atoms with Crippen LogP contribution in [-0.2, 0) is 0 Å². The number of rotatable bonds is 3. The summed E-state index contributed by atoms with van der Waals surface area (Å²) in [7, 11) is 0. The topological polar surface area (TPSA) is 55.4 Å². The molecule has 2 aromatic heterocycles. The molecule has 0 saturated carbocycles. The molecule has 0 amide bonds. The molecule has 0 spiro atoms. The fraction of sp³-hybridized carbons (Fsp3) is 0.0625. The number of aromatic nitrogens is 1. The quantitative estimate of drug-likeness (QED) is 0.786. The van der Waals surface area contributed by atoms with Crippen LogP contribution in [0.2, 0.25) is 0 Å². The second kappa shape index (κ2) is 4.74. The van der Waals surface area contributed by atoms with E-state index in [4.69, 9.17) is 4.42 Å². The molecule has 0 atom stereocenters. The third kappa shape index (κ3) is 2.01. The maximum atomic E-state index is 11.3. The van der Waals surface area contributed by atoms with Gasteiger partial charge in [0.1, 0.15) is 12.0 Å². The fourth-order valence-electron chi connectivity index (χ4n) is 2.18. The summed E-state index contributed by atoms with van der Waals surface area (Å²) >= 11 is 0. The first kappa shape index (κ1) is 12.3. The molecule has 3 rings (SSSR count). The maximum Gasteiger partial charge on any atom is 0.374 e. The Kier molecular flexibility index (Phi) is 2.91. The van der Waals surface area contributed by atoms with Crippen molar-refractivity contribution < 1.29 is 14.3 Å². The molecular weight excluding hydrogens is 254 g/mol. The van der Waals surface area contributed by atoms with Crippen LogP contribution >= 0.6 is 0 Å². The molecule has 0 saturated heterocycles. The molecule has 20 heavy (non-hydrogen) atoms. The minimum absolute atomic E-state index is 0.0585. The normalized spacial score (nSPS) is 10.7. The Morgan fingerprint density at radius 1 is 1.15 bits per heavy atom. The Balaban J connectivity index is 2.21. The van der Waals surface area contributed by atoms with E-state index in [2.05, 4.69) is 0 Å². The summed E-state index contributed by atoms with van der Waals surface area (Å²) in [5, 5.41) is 9.26. The number of carboxylic acids is 1. The Bertz CT molecular complexity index is 737. The largest absolute Gasteiger partial charge is 0.475 e. The van der Waals surface area contributed by atoms with Crippen molar-refractivity contribution in [1.29, 1.82) is 0 Å². The Labute approximate surface area is 115 Å². The smallest absolute Gasteiger partial charge is 0.374 e. The first-order valence-corrected chi connectivity index (χ1v) is 6.22. The third-order valence-corrected chi connectivity index (χ3v) is 3.18. The number of hydrogen-bond donors (Lipinski definition) is 1. The van der Waals surface area contributed by atoms with Crippen LogP contribution in [0.5, 0.6) is 0 Å². The van der Waals surface area contributed by atoms with Crippen molar-refractivity contribution >= 4 is 5.97 Å². The number of hydrogen-bond acceptors (Lipinski definition) is 2. The monoisotopic (exact) mass is 267 g/mol. The van der Waals surface area contributed by atoms with Crippen molar-refractivity contribution in [2.45, 2.75) is 6.92 Å². The molecule has 0 unspecified atom stereocenters. The van der Waals surface area contributed by atoms with E-state index in [-0.39, 0.29) is 5.76 Å². The minimum atomic E-state index is -1.08. The second-order valence-electron chi connectivity index (χ2n) is 4.59. The van der Waals surface area contributed by atoms with E-state index in [0.29, 0.717) is 5.69 Å². The highest BCUT2D eigenvalue weighted by molar-refractivity contribution is 5.93. The van der Waals surface area contributed by atoms with E-state index in [9.17, 15) is 9.90 Å². The van der Waals surface area contributed by atoms with Crippen molar-refractivity contribution in [3.8, 4) is 16.8 Å². The summed E-state index contributed by atoms with van der Waals surface area (Å²) in [6.45, 7) is 2.01.